The second-order valence-electron chi connectivity index (χ2n) is 13.7. The maximum absolute atomic E-state index is 12.1. The number of phosphoric acid groups is 25. The predicted molar refractivity (Wildman–Crippen MR) is 276 cm³/mol. The lowest BCUT2D eigenvalue weighted by atomic mass is 15.6. The van der Waals surface area contributed by atoms with E-state index < -0.39 is 196 Å². The van der Waals surface area contributed by atoms with Gasteiger partial charge < -0.3 is 132 Å². The van der Waals surface area contributed by atoms with Gasteiger partial charge in [-0.15, -0.1) is 0 Å². The highest BCUT2D eigenvalue weighted by molar-refractivity contribution is 7.78. The molecule has 22 unspecified atom stereocenters. The zero-order chi connectivity index (χ0) is 81.5. The van der Waals surface area contributed by atoms with E-state index in [-0.39, 0.29) is 0 Å². The molecule has 0 amide bonds. The van der Waals surface area contributed by atoms with Crippen molar-refractivity contribution in [1.82, 2.24) is 0 Å². The molecule has 0 radical (unpaired) electrons. The van der Waals surface area contributed by atoms with Crippen LogP contribution in [0, 0.1) is 0 Å². The van der Waals surface area contributed by atoms with Crippen molar-refractivity contribution >= 4 is 196 Å². The molecule has 0 bridgehead atoms. The molecule has 22 atom stereocenters. The molecule has 0 aromatic carbocycles. The second kappa shape index (κ2) is 34.6. The third-order valence-electron chi connectivity index (χ3n) is 4.96. The first kappa shape index (κ1) is 105. The van der Waals surface area contributed by atoms with Crippen molar-refractivity contribution in [3.63, 3.8) is 0 Å². The van der Waals surface area contributed by atoms with Gasteiger partial charge in [0.2, 0.25) is 0 Å². The zero-order valence-electron chi connectivity index (χ0n) is 43.3. The molecule has 0 rings (SSSR count). The fourth-order valence-electron chi connectivity index (χ4n) is 3.48. The minimum Gasteiger partial charge on any atom is -0.302 e. The van der Waals surface area contributed by atoms with E-state index in [2.05, 4.69) is 103 Å². The monoisotopic (exact) mass is 2020 g/mol. The third-order valence-corrected chi connectivity index (χ3v) is 44.6. The van der Waals surface area contributed by atoms with Crippen LogP contribution in [0.3, 0.4) is 0 Å². The lowest BCUT2D eigenvalue weighted by molar-refractivity contribution is 0.164. The van der Waals surface area contributed by atoms with E-state index in [1.54, 1.807) is 0 Å². The van der Waals surface area contributed by atoms with Crippen LogP contribution in [0.15, 0.2) is 0 Å². The van der Waals surface area contributed by atoms with Crippen LogP contribution < -0.4 is 0 Å². The zero-order valence-corrected chi connectivity index (χ0v) is 65.6. The fraction of sp³-hybridized carbons (Fsp3) is 0. The molecule has 0 aromatic heterocycles. The van der Waals surface area contributed by atoms with Gasteiger partial charge in [-0.2, -0.15) is 103 Å². The summed E-state index contributed by atoms with van der Waals surface area (Å²) in [6.45, 7) is 0. The summed E-state index contributed by atoms with van der Waals surface area (Å²) in [7, 11) is -178. The molecule has 76 nitrogen and oxygen atoms in total. The van der Waals surface area contributed by atoms with Crippen LogP contribution in [0.4, 0.5) is 0 Å². The lowest BCUT2D eigenvalue weighted by Crippen LogP contribution is -2.01. The maximum Gasteiger partial charge on any atom is 0.490 e. The Morgan fingerprint density at radius 3 is 0.168 bits per heavy atom. The predicted octanol–water partition coefficient (Wildman–Crippen LogP) is 1.88. The van der Waals surface area contributed by atoms with E-state index in [9.17, 15) is 217 Å². The molecule has 27 N–H and O–H groups in total. The number of hydrogen-bond acceptors (Lipinski definition) is 49. The minimum absolute atomic E-state index is 2.97. The highest BCUT2D eigenvalue weighted by Crippen LogP contribution is 2.84. The minimum atomic E-state index is -7.42. The molecule has 0 fully saturated rings. The summed E-state index contributed by atoms with van der Waals surface area (Å²) >= 11 is 0. The van der Waals surface area contributed by atoms with Crippen molar-refractivity contribution in [3.05, 3.63) is 0 Å². The quantitative estimate of drug-likeness (QED) is 0.0387. The van der Waals surface area contributed by atoms with Gasteiger partial charge in [0, 0.05) is 0 Å². The standard InChI is InChI=1S/H27O76P25/c1-77(2,3)53-79(7,8)55-81(11,12)57-83(15,16)59-85(19,20)61-87(23,24)63-89(27,28)65-91(31,32)67-93(35,36)69-95(39,40)71-97(43,44)73-99(47,48)75-101(51,52)76-100(49,50)74-98(45,46)72-96(41,42)70-94(37,38)68-92(33,34)66-90(29,30)64-88(25,26)62-86(21,22)60-84(17,18)58-82(13,14)56-80(9,10)54-78(4,5)6/h(H,7,8)(H,9,10)(H,11,12)(H,13,14)(H,15,16)(H,17,18)(H,19,20)(H,21,22)(H,23,24)(H,25,26)(H,27,28)(H,29,30)(H,31,32)(H,33,34)(H,35,36)(H,37,38)(H,39,40)(H,41,42)(H,43,44)(H,45,46)(H,47,48)(H,49,50)(H,51,52)(H2,1,2,3)(H2,4,5,6). The molecule has 0 saturated carbocycles. The number of hydrogen-bond donors (Lipinski definition) is 27. The fourth-order valence-corrected chi connectivity index (χ4v) is 37.5. The largest absolute Gasteiger partial charge is 0.490 e. The van der Waals surface area contributed by atoms with Crippen molar-refractivity contribution in [2.45, 2.75) is 0 Å². The maximum atomic E-state index is 12.1. The topological polar surface area (TPSA) is 1190 Å². The summed E-state index contributed by atoms with van der Waals surface area (Å²) in [5.41, 5.74) is 0. The Hall–Kier alpha value is 3.71. The summed E-state index contributed by atoms with van der Waals surface area (Å²) < 4.78 is 369. The van der Waals surface area contributed by atoms with Crippen LogP contribution in [-0.4, -0.2) is 132 Å². The Bertz CT molecular complexity index is 4090. The molecule has 608 valence electrons. The van der Waals surface area contributed by atoms with Gasteiger partial charge in [0.25, 0.3) is 0 Å². The molecule has 0 aromatic rings. The van der Waals surface area contributed by atoms with Gasteiger partial charge in [0.15, 0.2) is 0 Å². The van der Waals surface area contributed by atoms with Crippen molar-refractivity contribution in [2.24, 2.45) is 0 Å². The van der Waals surface area contributed by atoms with Crippen LogP contribution in [0.2, 0.25) is 0 Å². The van der Waals surface area contributed by atoms with Gasteiger partial charge in [-0.05, 0) is 0 Å². The summed E-state index contributed by atoms with van der Waals surface area (Å²) in [6.07, 6.45) is 0. The third kappa shape index (κ3) is 49.2. The smallest absolute Gasteiger partial charge is 0.302 e. The lowest BCUT2D eigenvalue weighted by Gasteiger charge is -2.22. The summed E-state index contributed by atoms with van der Waals surface area (Å²) in [5, 5.41) is 0. The average molecular weight is 2020 g/mol. The van der Waals surface area contributed by atoms with Crippen molar-refractivity contribution in [2.75, 3.05) is 0 Å². The van der Waals surface area contributed by atoms with Crippen LogP contribution >= 0.6 is 196 Å². The van der Waals surface area contributed by atoms with E-state index in [4.69, 9.17) is 29.4 Å². The van der Waals surface area contributed by atoms with E-state index in [1.807, 2.05) is 0 Å². The first-order valence-corrected chi connectivity index (χ1v) is 56.2. The summed E-state index contributed by atoms with van der Waals surface area (Å²) in [5.74, 6) is 0. The second-order valence-corrected chi connectivity index (χ2v) is 52.9. The highest BCUT2D eigenvalue weighted by atomic mass is 31.4. The van der Waals surface area contributed by atoms with Crippen LogP contribution in [0.25, 0.3) is 0 Å². The Kier molecular flexibility index (Phi) is 35.9. The molecular weight excluding hydrogens is 1990 g/mol. The van der Waals surface area contributed by atoms with E-state index in [0.29, 0.717) is 0 Å². The van der Waals surface area contributed by atoms with Gasteiger partial charge >= 0.3 is 196 Å². The Balaban J connectivity index is 5.97. The Morgan fingerprint density at radius 1 is 0.0891 bits per heavy atom. The molecular formula is H27O76P25. The summed E-state index contributed by atoms with van der Waals surface area (Å²) in [4.78, 5) is 250. The Morgan fingerprint density at radius 2 is 0.129 bits per heavy atom. The van der Waals surface area contributed by atoms with Crippen molar-refractivity contribution in [1.29, 1.82) is 0 Å². The molecule has 101 heavy (non-hydrogen) atoms. The first-order chi connectivity index (χ1) is 43.0. The number of rotatable bonds is 48. The molecule has 0 aliphatic carbocycles. The molecule has 0 spiro atoms. The molecule has 101 heteroatoms. The van der Waals surface area contributed by atoms with Gasteiger partial charge in [-0.3, -0.25) is 0 Å². The van der Waals surface area contributed by atoms with Gasteiger partial charge in [-0.1, -0.05) is 0 Å². The van der Waals surface area contributed by atoms with Gasteiger partial charge in [0.05, 0.1) is 0 Å². The SMILES string of the molecule is O=P(O)(O)OP(=O)(O)OP(=O)(O)OP(=O)(O)OP(=O)(O)OP(=O)(O)OP(=O)(O)OP(=O)(O)OP(=O)(O)OP(=O)(O)OP(=O)(O)OP(=O)(O)OP(=O)(O)OP(=O)(O)OP(=O)(O)OP(=O)(O)OP(=O)(O)OP(=O)(O)OP(=O)(O)OP(=O)(O)OP(=O)(O)OP(=O)(O)OP(=O)(O)OP(=O)(O)OP(=O)(O)O. The van der Waals surface area contributed by atoms with E-state index in [0.717, 1.165) is 0 Å². The van der Waals surface area contributed by atoms with Gasteiger partial charge in [0.1, 0.15) is 0 Å². The Labute approximate surface area is 543 Å². The van der Waals surface area contributed by atoms with Crippen molar-refractivity contribution in [3.8, 4) is 0 Å². The van der Waals surface area contributed by atoms with Crippen LogP contribution in [0.5, 0.6) is 0 Å². The normalized spacial score (nSPS) is 27.0. The molecule has 0 aliphatic rings. The highest BCUT2D eigenvalue weighted by Gasteiger charge is 2.58. The van der Waals surface area contributed by atoms with E-state index in [1.165, 1.54) is 0 Å². The molecule has 0 saturated heterocycles. The summed E-state index contributed by atoms with van der Waals surface area (Å²) in [6, 6.07) is 0. The molecule has 0 heterocycles. The average Bonchev–Trinajstić information content (AvgIpc) is 0.810. The van der Waals surface area contributed by atoms with Gasteiger partial charge in [-0.25, -0.2) is 114 Å². The first-order valence-electron chi connectivity index (χ1n) is 18.7. The van der Waals surface area contributed by atoms with E-state index >= 15 is 0 Å². The van der Waals surface area contributed by atoms with Crippen LogP contribution in [0.1, 0.15) is 0 Å². The van der Waals surface area contributed by atoms with Crippen molar-refractivity contribution < 1.29 is 350 Å². The molecule has 0 aliphatic heterocycles. The van der Waals surface area contributed by atoms with Crippen LogP contribution in [-0.2, 0) is 218 Å².